The van der Waals surface area contributed by atoms with Gasteiger partial charge in [-0.25, -0.2) is 9.38 Å². The van der Waals surface area contributed by atoms with E-state index in [1.807, 2.05) is 13.8 Å². The van der Waals surface area contributed by atoms with Crippen LogP contribution < -0.4 is 10.6 Å². The summed E-state index contributed by atoms with van der Waals surface area (Å²) >= 11 is 0. The van der Waals surface area contributed by atoms with Crippen molar-refractivity contribution in [3.8, 4) is 0 Å². The van der Waals surface area contributed by atoms with Crippen LogP contribution in [0.15, 0.2) is 29.3 Å². The van der Waals surface area contributed by atoms with Crippen LogP contribution >= 0.6 is 0 Å². The molecule has 3 rings (SSSR count). The van der Waals surface area contributed by atoms with E-state index in [9.17, 15) is 9.18 Å². The standard InChI is InChI=1S/C19H27FN4O2/c1-3-21-19(22-10-18(25)23-16-8-9-16)24-11-13(2)26-17(12-24)14-4-6-15(20)7-5-14/h4-7,13,16-17H,3,8-12H2,1-2H3,(H,21,22)(H,23,25). The van der Waals surface area contributed by atoms with E-state index in [1.165, 1.54) is 12.1 Å². The van der Waals surface area contributed by atoms with Crippen LogP contribution in [0.25, 0.3) is 0 Å². The number of morpholine rings is 1. The molecule has 0 bridgehead atoms. The first kappa shape index (κ1) is 18.6. The van der Waals surface area contributed by atoms with Crippen molar-refractivity contribution in [2.75, 3.05) is 26.2 Å². The van der Waals surface area contributed by atoms with E-state index in [1.54, 1.807) is 12.1 Å². The third-order valence-corrected chi connectivity index (χ3v) is 4.45. The maximum Gasteiger partial charge on any atom is 0.242 e. The highest BCUT2D eigenvalue weighted by molar-refractivity contribution is 5.85. The molecule has 1 saturated heterocycles. The van der Waals surface area contributed by atoms with Crippen molar-refractivity contribution < 1.29 is 13.9 Å². The number of nitrogens with one attached hydrogen (secondary N) is 2. The molecular weight excluding hydrogens is 335 g/mol. The quantitative estimate of drug-likeness (QED) is 0.620. The lowest BCUT2D eigenvalue weighted by molar-refractivity contribution is -0.119. The number of hydrogen-bond donors (Lipinski definition) is 2. The summed E-state index contributed by atoms with van der Waals surface area (Å²) in [4.78, 5) is 18.5. The molecule has 26 heavy (non-hydrogen) atoms. The highest BCUT2D eigenvalue weighted by Crippen LogP contribution is 2.25. The van der Waals surface area contributed by atoms with Gasteiger partial charge in [0.05, 0.1) is 12.6 Å². The van der Waals surface area contributed by atoms with Crippen molar-refractivity contribution in [1.82, 2.24) is 15.5 Å². The summed E-state index contributed by atoms with van der Waals surface area (Å²) in [7, 11) is 0. The van der Waals surface area contributed by atoms with E-state index in [0.717, 1.165) is 24.9 Å². The largest absolute Gasteiger partial charge is 0.367 e. The minimum absolute atomic E-state index is 0.00273. The molecule has 0 spiro atoms. The molecule has 2 unspecified atom stereocenters. The van der Waals surface area contributed by atoms with Crippen LogP contribution in [0, 0.1) is 5.82 Å². The molecular formula is C19H27FN4O2. The maximum atomic E-state index is 13.2. The summed E-state index contributed by atoms with van der Waals surface area (Å²) in [5, 5.41) is 6.21. The summed E-state index contributed by atoms with van der Waals surface area (Å²) < 4.78 is 19.2. The Morgan fingerprint density at radius 2 is 2.04 bits per heavy atom. The molecule has 2 fully saturated rings. The van der Waals surface area contributed by atoms with Crippen LogP contribution in [0.4, 0.5) is 4.39 Å². The van der Waals surface area contributed by atoms with Crippen LogP contribution in [0.3, 0.4) is 0 Å². The number of nitrogens with zero attached hydrogens (tertiary/aromatic N) is 2. The van der Waals surface area contributed by atoms with E-state index in [-0.39, 0.29) is 30.5 Å². The monoisotopic (exact) mass is 362 g/mol. The van der Waals surface area contributed by atoms with Gasteiger partial charge in [-0.05, 0) is 44.4 Å². The Morgan fingerprint density at radius 3 is 2.69 bits per heavy atom. The Bertz CT molecular complexity index is 645. The summed E-state index contributed by atoms with van der Waals surface area (Å²) in [6.07, 6.45) is 1.97. The number of hydrogen-bond acceptors (Lipinski definition) is 3. The van der Waals surface area contributed by atoms with Crippen molar-refractivity contribution in [2.24, 2.45) is 4.99 Å². The van der Waals surface area contributed by atoms with Gasteiger partial charge in [0, 0.05) is 19.1 Å². The van der Waals surface area contributed by atoms with Gasteiger partial charge in [0.15, 0.2) is 5.96 Å². The maximum absolute atomic E-state index is 13.2. The number of carbonyl (C=O) groups is 1. The number of ether oxygens (including phenoxy) is 1. The molecule has 1 heterocycles. The fourth-order valence-electron chi connectivity index (χ4n) is 3.06. The zero-order valence-electron chi connectivity index (χ0n) is 15.4. The molecule has 1 amide bonds. The van der Waals surface area contributed by atoms with Gasteiger partial charge in [-0.3, -0.25) is 4.79 Å². The number of carbonyl (C=O) groups excluding carboxylic acids is 1. The number of rotatable bonds is 5. The first-order valence-corrected chi connectivity index (χ1v) is 9.28. The second-order valence-corrected chi connectivity index (χ2v) is 6.90. The molecule has 1 aliphatic heterocycles. The lowest BCUT2D eigenvalue weighted by atomic mass is 10.1. The summed E-state index contributed by atoms with van der Waals surface area (Å²) in [6, 6.07) is 6.74. The Kier molecular flexibility index (Phi) is 6.08. The lowest BCUT2D eigenvalue weighted by Gasteiger charge is -2.38. The average Bonchev–Trinajstić information content (AvgIpc) is 3.42. The van der Waals surface area contributed by atoms with Crippen molar-refractivity contribution in [1.29, 1.82) is 0 Å². The number of amides is 1. The second kappa shape index (κ2) is 8.49. The summed E-state index contributed by atoms with van der Waals surface area (Å²) in [5.74, 6) is 0.408. The predicted molar refractivity (Wildman–Crippen MR) is 98.4 cm³/mol. The van der Waals surface area contributed by atoms with Crippen LogP contribution in [0.2, 0.25) is 0 Å². The normalized spacial score (nSPS) is 23.7. The van der Waals surface area contributed by atoms with Gasteiger partial charge in [-0.2, -0.15) is 0 Å². The first-order valence-electron chi connectivity index (χ1n) is 9.28. The van der Waals surface area contributed by atoms with Crippen molar-refractivity contribution in [2.45, 2.75) is 44.9 Å². The van der Waals surface area contributed by atoms with Crippen LogP contribution in [0.1, 0.15) is 38.4 Å². The van der Waals surface area contributed by atoms with Gasteiger partial charge in [0.1, 0.15) is 18.5 Å². The third kappa shape index (κ3) is 5.17. The SMILES string of the molecule is CCNC(=NCC(=O)NC1CC1)N1CC(C)OC(c2ccc(F)cc2)C1. The highest BCUT2D eigenvalue weighted by atomic mass is 19.1. The van der Waals surface area contributed by atoms with Gasteiger partial charge in [0.25, 0.3) is 0 Å². The van der Waals surface area contributed by atoms with Crippen LogP contribution in [0.5, 0.6) is 0 Å². The molecule has 2 N–H and O–H groups in total. The Balaban J connectivity index is 1.68. The average molecular weight is 362 g/mol. The Morgan fingerprint density at radius 1 is 1.31 bits per heavy atom. The predicted octanol–water partition coefficient (Wildman–Crippen LogP) is 1.83. The number of guanidine groups is 1. The van der Waals surface area contributed by atoms with E-state index < -0.39 is 0 Å². The van der Waals surface area contributed by atoms with Gasteiger partial charge < -0.3 is 20.3 Å². The van der Waals surface area contributed by atoms with Gasteiger partial charge in [-0.1, -0.05) is 12.1 Å². The summed E-state index contributed by atoms with van der Waals surface area (Å²) in [6.45, 7) is 6.13. The van der Waals surface area contributed by atoms with Crippen LogP contribution in [-0.4, -0.2) is 55.1 Å². The molecule has 1 aromatic carbocycles. The fraction of sp³-hybridized carbons (Fsp3) is 0.579. The van der Waals surface area contributed by atoms with Crippen molar-refractivity contribution in [3.63, 3.8) is 0 Å². The number of aliphatic imine (C=N–C) groups is 1. The molecule has 0 radical (unpaired) electrons. The number of halogens is 1. The molecule has 2 atom stereocenters. The molecule has 7 heteroatoms. The zero-order chi connectivity index (χ0) is 18.5. The highest BCUT2D eigenvalue weighted by Gasteiger charge is 2.29. The molecule has 1 saturated carbocycles. The molecule has 142 valence electrons. The van der Waals surface area contributed by atoms with E-state index >= 15 is 0 Å². The molecule has 0 aromatic heterocycles. The number of benzene rings is 1. The fourth-order valence-corrected chi connectivity index (χ4v) is 3.06. The summed E-state index contributed by atoms with van der Waals surface area (Å²) in [5.41, 5.74) is 0.935. The molecule has 2 aliphatic rings. The topological polar surface area (TPSA) is 66.0 Å². The molecule has 1 aromatic rings. The second-order valence-electron chi connectivity index (χ2n) is 6.90. The van der Waals surface area contributed by atoms with Gasteiger partial charge >= 0.3 is 0 Å². The van der Waals surface area contributed by atoms with Crippen molar-refractivity contribution in [3.05, 3.63) is 35.6 Å². The Labute approximate surface area is 153 Å². The molecule has 6 nitrogen and oxygen atoms in total. The minimum atomic E-state index is -0.258. The van der Waals surface area contributed by atoms with Crippen molar-refractivity contribution >= 4 is 11.9 Å². The van der Waals surface area contributed by atoms with E-state index in [2.05, 4.69) is 20.5 Å². The zero-order valence-corrected chi connectivity index (χ0v) is 15.4. The van der Waals surface area contributed by atoms with E-state index in [0.29, 0.717) is 25.1 Å². The van der Waals surface area contributed by atoms with Crippen LogP contribution in [-0.2, 0) is 9.53 Å². The third-order valence-electron chi connectivity index (χ3n) is 4.45. The smallest absolute Gasteiger partial charge is 0.242 e. The van der Waals surface area contributed by atoms with Gasteiger partial charge in [-0.15, -0.1) is 0 Å². The van der Waals surface area contributed by atoms with E-state index in [4.69, 9.17) is 4.74 Å². The first-order chi connectivity index (χ1) is 12.5. The van der Waals surface area contributed by atoms with Gasteiger partial charge in [0.2, 0.25) is 5.91 Å². The Hall–Kier alpha value is -2.15. The molecule has 1 aliphatic carbocycles. The minimum Gasteiger partial charge on any atom is -0.367 e. The lowest BCUT2D eigenvalue weighted by Crippen LogP contribution is -2.51.